The Hall–Kier alpha value is -1.55. The average molecular weight is 319 g/mol. The molecule has 2 aromatic rings. The van der Waals surface area contributed by atoms with E-state index < -0.39 is 11.9 Å². The van der Waals surface area contributed by atoms with E-state index in [0.29, 0.717) is 24.0 Å². The molecular formula is C11H12F3N5OS. The van der Waals surface area contributed by atoms with E-state index in [4.69, 9.17) is 4.74 Å². The second kappa shape index (κ2) is 5.68. The first-order valence-corrected chi connectivity index (χ1v) is 7.27. The Morgan fingerprint density at radius 2 is 2.10 bits per heavy atom. The molecule has 0 aliphatic carbocycles. The molecule has 0 amide bonds. The van der Waals surface area contributed by atoms with Crippen LogP contribution in [0.4, 0.5) is 13.2 Å². The van der Waals surface area contributed by atoms with Crippen LogP contribution in [0.3, 0.4) is 0 Å². The van der Waals surface area contributed by atoms with Crippen molar-refractivity contribution < 1.29 is 17.9 Å². The largest absolute Gasteiger partial charge is 0.434 e. The standard InChI is InChI=1S/C11H12F3N5OS/c12-11(13,14)8-6-21-9(15-8)5-19-10(16-17-18-19)7-1-3-20-4-2-7/h6-7H,1-5H2. The van der Waals surface area contributed by atoms with Gasteiger partial charge in [0.15, 0.2) is 11.5 Å². The van der Waals surface area contributed by atoms with Gasteiger partial charge in [0.05, 0.1) is 6.54 Å². The number of nitrogens with zero attached hydrogens (tertiary/aromatic N) is 5. The van der Waals surface area contributed by atoms with Crippen LogP contribution in [-0.4, -0.2) is 38.4 Å². The molecule has 1 aliphatic rings. The smallest absolute Gasteiger partial charge is 0.381 e. The lowest BCUT2D eigenvalue weighted by Crippen LogP contribution is -2.19. The molecule has 2 aromatic heterocycles. The molecule has 3 heterocycles. The fourth-order valence-electron chi connectivity index (χ4n) is 2.21. The van der Waals surface area contributed by atoms with E-state index >= 15 is 0 Å². The van der Waals surface area contributed by atoms with Crippen molar-refractivity contribution >= 4 is 11.3 Å². The number of ether oxygens (including phenoxy) is 1. The topological polar surface area (TPSA) is 65.7 Å². The van der Waals surface area contributed by atoms with Crippen LogP contribution in [0.15, 0.2) is 5.38 Å². The number of alkyl halides is 3. The second-order valence-corrected chi connectivity index (χ2v) is 5.65. The minimum absolute atomic E-state index is 0.153. The Morgan fingerprint density at radius 1 is 1.33 bits per heavy atom. The van der Waals surface area contributed by atoms with Gasteiger partial charge >= 0.3 is 6.18 Å². The molecule has 0 saturated carbocycles. The summed E-state index contributed by atoms with van der Waals surface area (Å²) < 4.78 is 44.4. The SMILES string of the molecule is FC(F)(F)c1csc(Cn2nnnc2C2CCOCC2)n1. The first-order valence-electron chi connectivity index (χ1n) is 6.39. The zero-order valence-corrected chi connectivity index (χ0v) is 11.7. The van der Waals surface area contributed by atoms with Crippen LogP contribution in [0.2, 0.25) is 0 Å². The Bertz CT molecular complexity index is 605. The minimum atomic E-state index is -4.42. The van der Waals surface area contributed by atoms with Gasteiger partial charge in [-0.3, -0.25) is 0 Å². The van der Waals surface area contributed by atoms with Gasteiger partial charge in [-0.2, -0.15) is 13.2 Å². The third-order valence-corrected chi connectivity index (χ3v) is 4.11. The second-order valence-electron chi connectivity index (χ2n) is 4.71. The fraction of sp³-hybridized carbons (Fsp3) is 0.636. The van der Waals surface area contributed by atoms with Gasteiger partial charge in [-0.1, -0.05) is 0 Å². The molecule has 3 rings (SSSR count). The number of tetrazole rings is 1. The Balaban J connectivity index is 1.76. The molecule has 0 atom stereocenters. The maximum Gasteiger partial charge on any atom is 0.434 e. The van der Waals surface area contributed by atoms with E-state index in [1.54, 1.807) is 0 Å². The summed E-state index contributed by atoms with van der Waals surface area (Å²) in [6, 6.07) is 0. The van der Waals surface area contributed by atoms with Gasteiger partial charge in [-0.25, -0.2) is 9.67 Å². The Labute approximate surface area is 121 Å². The molecule has 114 valence electrons. The van der Waals surface area contributed by atoms with Crippen molar-refractivity contribution in [1.82, 2.24) is 25.2 Å². The molecule has 10 heteroatoms. The predicted octanol–water partition coefficient (Wildman–Crippen LogP) is 2.09. The van der Waals surface area contributed by atoms with E-state index in [1.807, 2.05) is 0 Å². The Kier molecular flexibility index (Phi) is 3.89. The van der Waals surface area contributed by atoms with Crippen molar-refractivity contribution in [3.8, 4) is 0 Å². The highest BCUT2D eigenvalue weighted by Crippen LogP contribution is 2.30. The van der Waals surface area contributed by atoms with E-state index in [9.17, 15) is 13.2 Å². The monoisotopic (exact) mass is 319 g/mol. The van der Waals surface area contributed by atoms with Crippen LogP contribution >= 0.6 is 11.3 Å². The highest BCUT2D eigenvalue weighted by molar-refractivity contribution is 7.09. The lowest BCUT2D eigenvalue weighted by atomic mass is 10.00. The van der Waals surface area contributed by atoms with Crippen LogP contribution in [0.5, 0.6) is 0 Å². The zero-order valence-electron chi connectivity index (χ0n) is 10.9. The van der Waals surface area contributed by atoms with E-state index in [2.05, 4.69) is 20.5 Å². The summed E-state index contributed by atoms with van der Waals surface area (Å²) >= 11 is 0.958. The van der Waals surface area contributed by atoms with Crippen LogP contribution in [-0.2, 0) is 17.5 Å². The van der Waals surface area contributed by atoms with Gasteiger partial charge in [0.25, 0.3) is 0 Å². The molecule has 0 bridgehead atoms. The molecule has 1 fully saturated rings. The molecule has 21 heavy (non-hydrogen) atoms. The van der Waals surface area contributed by atoms with Gasteiger partial charge in [-0.05, 0) is 23.3 Å². The maximum absolute atomic E-state index is 12.5. The third-order valence-electron chi connectivity index (χ3n) is 3.27. The minimum Gasteiger partial charge on any atom is -0.381 e. The number of thiazole rings is 1. The van der Waals surface area contributed by atoms with Crippen molar-refractivity contribution in [2.75, 3.05) is 13.2 Å². The number of hydrogen-bond acceptors (Lipinski definition) is 6. The summed E-state index contributed by atoms with van der Waals surface area (Å²) in [5.74, 6) is 0.859. The first-order chi connectivity index (χ1) is 10.0. The van der Waals surface area contributed by atoms with Crippen LogP contribution in [0.1, 0.15) is 35.3 Å². The van der Waals surface area contributed by atoms with E-state index in [-0.39, 0.29) is 12.5 Å². The molecule has 0 spiro atoms. The van der Waals surface area contributed by atoms with Crippen LogP contribution < -0.4 is 0 Å². The predicted molar refractivity (Wildman–Crippen MR) is 66.8 cm³/mol. The summed E-state index contributed by atoms with van der Waals surface area (Å²) in [7, 11) is 0. The van der Waals surface area contributed by atoms with Crippen molar-refractivity contribution in [1.29, 1.82) is 0 Å². The molecule has 1 aliphatic heterocycles. The highest BCUT2D eigenvalue weighted by atomic mass is 32.1. The molecule has 1 saturated heterocycles. The highest BCUT2D eigenvalue weighted by Gasteiger charge is 2.34. The summed E-state index contributed by atoms with van der Waals surface area (Å²) in [4.78, 5) is 3.60. The van der Waals surface area contributed by atoms with Gasteiger partial charge in [0.2, 0.25) is 0 Å². The molecule has 0 N–H and O–H groups in total. The lowest BCUT2D eigenvalue weighted by Gasteiger charge is -2.20. The van der Waals surface area contributed by atoms with Crippen LogP contribution in [0.25, 0.3) is 0 Å². The summed E-state index contributed by atoms with van der Waals surface area (Å²) in [5, 5.41) is 12.8. The number of aromatic nitrogens is 5. The summed E-state index contributed by atoms with van der Waals surface area (Å²) in [6.07, 6.45) is -2.79. The summed E-state index contributed by atoms with van der Waals surface area (Å²) in [5.41, 5.74) is -0.872. The quantitative estimate of drug-likeness (QED) is 0.867. The van der Waals surface area contributed by atoms with Crippen molar-refractivity contribution in [2.24, 2.45) is 0 Å². The molecule has 0 radical (unpaired) electrons. The van der Waals surface area contributed by atoms with Crippen molar-refractivity contribution in [3.05, 3.63) is 21.9 Å². The molecule has 6 nitrogen and oxygen atoms in total. The van der Waals surface area contributed by atoms with E-state index in [1.165, 1.54) is 4.68 Å². The normalized spacial score (nSPS) is 17.3. The van der Waals surface area contributed by atoms with Gasteiger partial charge in [-0.15, -0.1) is 16.4 Å². The molecular weight excluding hydrogens is 307 g/mol. The van der Waals surface area contributed by atoms with E-state index in [0.717, 1.165) is 29.6 Å². The van der Waals surface area contributed by atoms with Gasteiger partial charge < -0.3 is 4.74 Å². The van der Waals surface area contributed by atoms with Crippen molar-refractivity contribution in [3.63, 3.8) is 0 Å². The first kappa shape index (κ1) is 14.4. The number of hydrogen-bond donors (Lipinski definition) is 0. The number of halogens is 3. The maximum atomic E-state index is 12.5. The van der Waals surface area contributed by atoms with Gasteiger partial charge in [0, 0.05) is 24.5 Å². The summed E-state index contributed by atoms with van der Waals surface area (Å²) in [6.45, 7) is 1.44. The fourth-order valence-corrected chi connectivity index (χ4v) is 3.00. The number of rotatable bonds is 3. The zero-order chi connectivity index (χ0) is 14.9. The van der Waals surface area contributed by atoms with Crippen LogP contribution in [0, 0.1) is 0 Å². The molecule has 0 unspecified atom stereocenters. The van der Waals surface area contributed by atoms with Gasteiger partial charge in [0.1, 0.15) is 5.01 Å². The molecule has 0 aromatic carbocycles. The lowest BCUT2D eigenvalue weighted by molar-refractivity contribution is -0.140. The van der Waals surface area contributed by atoms with Crippen molar-refractivity contribution in [2.45, 2.75) is 31.5 Å². The third kappa shape index (κ3) is 3.21. The Morgan fingerprint density at radius 3 is 2.76 bits per heavy atom. The average Bonchev–Trinajstić information content (AvgIpc) is 3.09.